The molecule has 110 valence electrons. The Bertz CT molecular complexity index is 473. The molecule has 20 heavy (non-hydrogen) atoms. The van der Waals surface area contributed by atoms with E-state index in [2.05, 4.69) is 0 Å². The number of nitrogens with zero attached hydrogens (tertiary/aromatic N) is 2. The summed E-state index contributed by atoms with van der Waals surface area (Å²) in [5, 5.41) is 19.6. The van der Waals surface area contributed by atoms with E-state index >= 15 is 0 Å². The summed E-state index contributed by atoms with van der Waals surface area (Å²) in [5.41, 5.74) is 0.998. The minimum absolute atomic E-state index is 0.0163. The fourth-order valence-corrected chi connectivity index (χ4v) is 2.08. The first-order valence-electron chi connectivity index (χ1n) is 6.58. The number of aliphatic carboxylic acids is 1. The number of non-ortho nitro benzene ring substituents is 1. The molecule has 0 saturated carbocycles. The molecule has 0 aromatic heterocycles. The van der Waals surface area contributed by atoms with Crippen molar-refractivity contribution in [3.63, 3.8) is 0 Å². The van der Waals surface area contributed by atoms with Gasteiger partial charge in [0.05, 0.1) is 10.8 Å². The highest BCUT2D eigenvalue weighted by atomic mass is 16.6. The van der Waals surface area contributed by atoms with Gasteiger partial charge in [-0.2, -0.15) is 0 Å². The topological polar surface area (TPSA) is 83.7 Å². The van der Waals surface area contributed by atoms with Crippen molar-refractivity contribution in [2.45, 2.75) is 26.8 Å². The normalized spacial score (nSPS) is 14.0. The fraction of sp³-hybridized carbons (Fsp3) is 0.500. The minimum atomic E-state index is -0.820. The van der Waals surface area contributed by atoms with E-state index in [1.807, 2.05) is 18.7 Å². The highest BCUT2D eigenvalue weighted by Gasteiger charge is 2.20. The van der Waals surface area contributed by atoms with Crippen molar-refractivity contribution in [2.24, 2.45) is 5.92 Å². The standard InChI is InChI=1S/C14H20N2O4/c1-4-15(9-10(2)14(17)18)11(3)12-5-7-13(8-6-12)16(19)20/h5-8,10-11H,4,9H2,1-3H3,(H,17,18). The molecule has 2 unspecified atom stereocenters. The summed E-state index contributed by atoms with van der Waals surface area (Å²) in [6.07, 6.45) is 0. The third-order valence-corrected chi connectivity index (χ3v) is 3.47. The maximum atomic E-state index is 10.9. The molecule has 1 rings (SSSR count). The van der Waals surface area contributed by atoms with Gasteiger partial charge in [0.15, 0.2) is 0 Å². The SMILES string of the molecule is CCN(CC(C)C(=O)O)C(C)c1ccc([N+](=O)[O-])cc1. The van der Waals surface area contributed by atoms with Crippen LogP contribution in [0, 0.1) is 16.0 Å². The van der Waals surface area contributed by atoms with Gasteiger partial charge in [-0.25, -0.2) is 0 Å². The van der Waals surface area contributed by atoms with Crippen molar-refractivity contribution >= 4 is 11.7 Å². The molecule has 1 N–H and O–H groups in total. The summed E-state index contributed by atoms with van der Waals surface area (Å²) in [5.74, 6) is -1.27. The number of carboxylic acids is 1. The molecule has 0 radical (unpaired) electrons. The number of nitro groups is 1. The fourth-order valence-electron chi connectivity index (χ4n) is 2.08. The molecule has 0 saturated heterocycles. The number of carboxylic acid groups (broad SMARTS) is 1. The van der Waals surface area contributed by atoms with Gasteiger partial charge >= 0.3 is 5.97 Å². The van der Waals surface area contributed by atoms with Gasteiger partial charge in [-0.3, -0.25) is 19.8 Å². The number of hydrogen-bond donors (Lipinski definition) is 1. The molecular weight excluding hydrogens is 260 g/mol. The zero-order chi connectivity index (χ0) is 15.3. The van der Waals surface area contributed by atoms with Gasteiger partial charge in [-0.05, 0) is 19.0 Å². The van der Waals surface area contributed by atoms with E-state index in [1.165, 1.54) is 12.1 Å². The van der Waals surface area contributed by atoms with Crippen LogP contribution in [0.1, 0.15) is 32.4 Å². The number of rotatable bonds is 7. The van der Waals surface area contributed by atoms with Gasteiger partial charge in [0.25, 0.3) is 5.69 Å². The van der Waals surface area contributed by atoms with Crippen molar-refractivity contribution in [1.29, 1.82) is 0 Å². The predicted molar refractivity (Wildman–Crippen MR) is 75.6 cm³/mol. The Morgan fingerprint density at radius 2 is 1.90 bits per heavy atom. The maximum absolute atomic E-state index is 10.9. The second kappa shape index (κ2) is 7.00. The lowest BCUT2D eigenvalue weighted by molar-refractivity contribution is -0.384. The number of hydrogen-bond acceptors (Lipinski definition) is 4. The lowest BCUT2D eigenvalue weighted by Crippen LogP contribution is -2.33. The van der Waals surface area contributed by atoms with Crippen LogP contribution >= 0.6 is 0 Å². The number of benzene rings is 1. The number of nitro benzene ring substituents is 1. The Labute approximate surface area is 118 Å². The van der Waals surface area contributed by atoms with E-state index in [9.17, 15) is 14.9 Å². The van der Waals surface area contributed by atoms with Crippen molar-refractivity contribution in [2.75, 3.05) is 13.1 Å². The molecule has 0 spiro atoms. The van der Waals surface area contributed by atoms with E-state index in [4.69, 9.17) is 5.11 Å². The molecule has 0 heterocycles. The molecule has 0 fully saturated rings. The summed E-state index contributed by atoms with van der Waals surface area (Å²) in [6.45, 7) is 6.78. The lowest BCUT2D eigenvalue weighted by atomic mass is 10.0. The van der Waals surface area contributed by atoms with Gasteiger partial charge in [0.1, 0.15) is 0 Å². The highest BCUT2D eigenvalue weighted by Crippen LogP contribution is 2.23. The van der Waals surface area contributed by atoms with E-state index in [-0.39, 0.29) is 11.7 Å². The van der Waals surface area contributed by atoms with Gasteiger partial charge in [0, 0.05) is 24.7 Å². The van der Waals surface area contributed by atoms with Crippen molar-refractivity contribution < 1.29 is 14.8 Å². The van der Waals surface area contributed by atoms with Gasteiger partial charge in [-0.1, -0.05) is 26.0 Å². The molecule has 0 aliphatic heterocycles. The molecule has 1 aromatic carbocycles. The summed E-state index contributed by atoms with van der Waals surface area (Å²) >= 11 is 0. The van der Waals surface area contributed by atoms with Crippen LogP contribution in [0.15, 0.2) is 24.3 Å². The summed E-state index contributed by atoms with van der Waals surface area (Å²) in [4.78, 5) is 23.2. The van der Waals surface area contributed by atoms with Crippen LogP contribution in [0.3, 0.4) is 0 Å². The molecule has 0 aliphatic carbocycles. The summed E-state index contributed by atoms with van der Waals surface area (Å²) in [6, 6.07) is 6.40. The van der Waals surface area contributed by atoms with Crippen LogP contribution < -0.4 is 0 Å². The maximum Gasteiger partial charge on any atom is 0.307 e. The Hall–Kier alpha value is -1.95. The average molecular weight is 280 g/mol. The first kappa shape index (κ1) is 16.1. The third-order valence-electron chi connectivity index (χ3n) is 3.47. The van der Waals surface area contributed by atoms with Crippen LogP contribution in [0.2, 0.25) is 0 Å². The molecule has 2 atom stereocenters. The molecule has 0 aliphatic rings. The highest BCUT2D eigenvalue weighted by molar-refractivity contribution is 5.69. The Kier molecular flexibility index (Phi) is 5.64. The quantitative estimate of drug-likeness (QED) is 0.613. The van der Waals surface area contributed by atoms with Crippen molar-refractivity contribution in [3.05, 3.63) is 39.9 Å². The van der Waals surface area contributed by atoms with E-state index in [0.717, 1.165) is 12.1 Å². The second-order valence-corrected chi connectivity index (χ2v) is 4.85. The van der Waals surface area contributed by atoms with Gasteiger partial charge < -0.3 is 5.11 Å². The number of carbonyl (C=O) groups is 1. The Morgan fingerprint density at radius 1 is 1.35 bits per heavy atom. The first-order valence-corrected chi connectivity index (χ1v) is 6.58. The molecule has 6 nitrogen and oxygen atoms in total. The third kappa shape index (κ3) is 4.03. The van der Waals surface area contributed by atoms with Crippen LogP contribution in [0.4, 0.5) is 5.69 Å². The van der Waals surface area contributed by atoms with E-state index < -0.39 is 16.8 Å². The van der Waals surface area contributed by atoms with Crippen molar-refractivity contribution in [1.82, 2.24) is 4.90 Å². The zero-order valence-corrected chi connectivity index (χ0v) is 11.9. The molecule has 0 bridgehead atoms. The van der Waals surface area contributed by atoms with E-state index in [0.29, 0.717) is 6.54 Å². The monoisotopic (exact) mass is 280 g/mol. The first-order chi connectivity index (χ1) is 9.36. The van der Waals surface area contributed by atoms with E-state index in [1.54, 1.807) is 19.1 Å². The minimum Gasteiger partial charge on any atom is -0.481 e. The molecule has 0 amide bonds. The van der Waals surface area contributed by atoms with Crippen LogP contribution in [-0.4, -0.2) is 34.0 Å². The van der Waals surface area contributed by atoms with Crippen LogP contribution in [-0.2, 0) is 4.79 Å². The molecular formula is C14H20N2O4. The Balaban J connectivity index is 2.82. The summed E-state index contributed by atoms with van der Waals surface area (Å²) in [7, 11) is 0. The summed E-state index contributed by atoms with van der Waals surface area (Å²) < 4.78 is 0. The van der Waals surface area contributed by atoms with Crippen molar-refractivity contribution in [3.8, 4) is 0 Å². The van der Waals surface area contributed by atoms with Gasteiger partial charge in [0.2, 0.25) is 0 Å². The zero-order valence-electron chi connectivity index (χ0n) is 11.9. The Morgan fingerprint density at radius 3 is 2.30 bits per heavy atom. The largest absolute Gasteiger partial charge is 0.481 e. The smallest absolute Gasteiger partial charge is 0.307 e. The van der Waals surface area contributed by atoms with Crippen LogP contribution in [0.5, 0.6) is 0 Å². The average Bonchev–Trinajstić information content (AvgIpc) is 2.43. The van der Waals surface area contributed by atoms with Gasteiger partial charge in [-0.15, -0.1) is 0 Å². The second-order valence-electron chi connectivity index (χ2n) is 4.85. The lowest BCUT2D eigenvalue weighted by Gasteiger charge is -2.29. The van der Waals surface area contributed by atoms with Crippen LogP contribution in [0.25, 0.3) is 0 Å². The molecule has 1 aromatic rings. The molecule has 6 heteroatoms. The predicted octanol–water partition coefficient (Wildman–Crippen LogP) is 2.70.